The highest BCUT2D eigenvalue weighted by atomic mass is 32.1. The molecule has 12 nitrogen and oxygen atoms in total. The molecular weight excluding hydrogens is 690 g/mol. The minimum Gasteiger partial charge on any atom is -0.493 e. The van der Waals surface area contributed by atoms with Crippen LogP contribution in [0.15, 0.2) is 42.5 Å². The lowest BCUT2D eigenvalue weighted by molar-refractivity contribution is 0.0690. The van der Waals surface area contributed by atoms with Crippen LogP contribution >= 0.6 is 22.7 Å². The summed E-state index contributed by atoms with van der Waals surface area (Å²) >= 11 is 2.90. The molecule has 0 unspecified atom stereocenters. The number of likely N-dealkylation sites (N-methyl/N-ethyl adjacent to an activating group) is 1. The number of ether oxygens (including phenoxy) is 1. The lowest BCUT2D eigenvalue weighted by Crippen LogP contribution is -2.46. The van der Waals surface area contributed by atoms with E-state index in [2.05, 4.69) is 36.0 Å². The van der Waals surface area contributed by atoms with E-state index in [0.29, 0.717) is 65.4 Å². The normalized spacial score (nSPS) is 14.3. The van der Waals surface area contributed by atoms with Gasteiger partial charge in [0.2, 0.25) is 0 Å². The molecule has 0 fully saturated rings. The SMILES string of the molecule is CNCCN[C@@H]1Cc2c(nnc(Nc3nc4ccccc4s3)c2C)N(c2nc(C(=O)O)c(CCCOc3ccc(CCCN(C)C)c(F)c3)s2)C1. The Labute approximate surface area is 305 Å². The third-order valence-electron chi connectivity index (χ3n) is 8.77. The molecule has 0 amide bonds. The van der Waals surface area contributed by atoms with Crippen molar-refractivity contribution in [3.8, 4) is 5.75 Å². The third kappa shape index (κ3) is 8.97. The van der Waals surface area contributed by atoms with Gasteiger partial charge in [0.15, 0.2) is 27.6 Å². The number of aryl methyl sites for hydroxylation is 2. The molecule has 1 atom stereocenters. The number of para-hydroxylation sites is 1. The van der Waals surface area contributed by atoms with Gasteiger partial charge in [-0.25, -0.2) is 19.2 Å². The van der Waals surface area contributed by atoms with Crippen molar-refractivity contribution in [1.82, 2.24) is 35.7 Å². The quantitative estimate of drug-likeness (QED) is 0.0858. The summed E-state index contributed by atoms with van der Waals surface area (Å²) in [6.07, 6.45) is 3.25. The Morgan fingerprint density at radius 3 is 2.71 bits per heavy atom. The highest BCUT2D eigenvalue weighted by Gasteiger charge is 2.32. The van der Waals surface area contributed by atoms with Crippen LogP contribution in [0.3, 0.4) is 0 Å². The van der Waals surface area contributed by atoms with E-state index in [4.69, 9.17) is 9.72 Å². The molecule has 270 valence electrons. The number of anilines is 4. The summed E-state index contributed by atoms with van der Waals surface area (Å²) in [5.41, 5.74) is 3.58. The van der Waals surface area contributed by atoms with E-state index in [1.54, 1.807) is 23.5 Å². The first-order chi connectivity index (χ1) is 24.7. The van der Waals surface area contributed by atoms with Gasteiger partial charge in [-0.2, -0.15) is 0 Å². The van der Waals surface area contributed by atoms with Crippen molar-refractivity contribution in [1.29, 1.82) is 0 Å². The van der Waals surface area contributed by atoms with Gasteiger partial charge in [0, 0.05) is 47.7 Å². The fraction of sp³-hybridized carbons (Fsp3) is 0.417. The zero-order valence-electron chi connectivity index (χ0n) is 29.3. The molecule has 51 heavy (non-hydrogen) atoms. The molecule has 3 aromatic heterocycles. The van der Waals surface area contributed by atoms with Crippen molar-refractivity contribution in [2.75, 3.05) is 64.1 Å². The fourth-order valence-electron chi connectivity index (χ4n) is 6.10. The molecule has 0 aliphatic carbocycles. The van der Waals surface area contributed by atoms with Gasteiger partial charge in [0.1, 0.15) is 11.6 Å². The van der Waals surface area contributed by atoms with Crippen molar-refractivity contribution in [2.45, 2.75) is 45.1 Å². The third-order valence-corrected chi connectivity index (χ3v) is 10.9. The number of thiazole rings is 2. The maximum absolute atomic E-state index is 14.7. The summed E-state index contributed by atoms with van der Waals surface area (Å²) in [6, 6.07) is 13.0. The van der Waals surface area contributed by atoms with Crippen LogP contribution in [0.5, 0.6) is 5.75 Å². The molecule has 4 heterocycles. The molecule has 0 bridgehead atoms. The van der Waals surface area contributed by atoms with E-state index < -0.39 is 5.97 Å². The number of nitrogens with one attached hydrogen (secondary N) is 3. The van der Waals surface area contributed by atoms with E-state index in [1.807, 2.05) is 57.2 Å². The van der Waals surface area contributed by atoms with Crippen molar-refractivity contribution in [3.63, 3.8) is 0 Å². The summed E-state index contributed by atoms with van der Waals surface area (Å²) in [6.45, 7) is 5.36. The number of fused-ring (bicyclic) bond motifs is 2. The van der Waals surface area contributed by atoms with Crippen LogP contribution in [0, 0.1) is 12.7 Å². The summed E-state index contributed by atoms with van der Waals surface area (Å²) in [7, 11) is 5.92. The minimum absolute atomic E-state index is 0.0220. The molecule has 0 saturated carbocycles. The molecule has 0 radical (unpaired) electrons. The molecule has 5 aromatic rings. The van der Waals surface area contributed by atoms with E-state index in [-0.39, 0.29) is 17.6 Å². The Morgan fingerprint density at radius 2 is 1.94 bits per heavy atom. The van der Waals surface area contributed by atoms with Crippen molar-refractivity contribution < 1.29 is 19.0 Å². The Morgan fingerprint density at radius 1 is 1.10 bits per heavy atom. The topological polar surface area (TPSA) is 141 Å². The predicted octanol–water partition coefficient (Wildman–Crippen LogP) is 5.81. The summed E-state index contributed by atoms with van der Waals surface area (Å²) < 4.78 is 21.6. The van der Waals surface area contributed by atoms with Crippen molar-refractivity contribution in [2.24, 2.45) is 0 Å². The number of benzene rings is 2. The smallest absolute Gasteiger partial charge is 0.355 e. The van der Waals surface area contributed by atoms with E-state index >= 15 is 0 Å². The molecule has 1 aliphatic heterocycles. The number of aromatic nitrogens is 4. The lowest BCUT2D eigenvalue weighted by atomic mass is 9.97. The maximum atomic E-state index is 14.7. The first kappa shape index (κ1) is 36.5. The minimum atomic E-state index is -1.08. The second-order valence-electron chi connectivity index (χ2n) is 12.8. The molecule has 2 aromatic carbocycles. The van der Waals surface area contributed by atoms with Gasteiger partial charge in [-0.1, -0.05) is 29.5 Å². The Balaban J connectivity index is 1.18. The van der Waals surface area contributed by atoms with Gasteiger partial charge in [0.25, 0.3) is 0 Å². The second-order valence-corrected chi connectivity index (χ2v) is 14.9. The highest BCUT2D eigenvalue weighted by molar-refractivity contribution is 7.22. The van der Waals surface area contributed by atoms with Crippen LogP contribution in [-0.2, 0) is 19.3 Å². The first-order valence-corrected chi connectivity index (χ1v) is 18.8. The Hall–Kier alpha value is -4.28. The van der Waals surface area contributed by atoms with Crippen LogP contribution in [0.4, 0.5) is 26.3 Å². The number of carbonyl (C=O) groups is 1. The molecule has 1 aliphatic rings. The van der Waals surface area contributed by atoms with Crippen molar-refractivity contribution >= 4 is 60.8 Å². The Kier molecular flexibility index (Phi) is 12.0. The second kappa shape index (κ2) is 16.8. The monoisotopic (exact) mass is 733 g/mol. The number of hydrogen-bond donors (Lipinski definition) is 4. The number of carboxylic acid groups (broad SMARTS) is 1. The van der Waals surface area contributed by atoms with Gasteiger partial charge < -0.3 is 30.7 Å². The summed E-state index contributed by atoms with van der Waals surface area (Å²) in [5, 5.41) is 30.8. The predicted molar refractivity (Wildman–Crippen MR) is 202 cm³/mol. The molecule has 4 N–H and O–H groups in total. The van der Waals surface area contributed by atoms with Crippen LogP contribution in [-0.4, -0.2) is 96.1 Å². The average molecular weight is 734 g/mol. The van der Waals surface area contributed by atoms with Crippen LogP contribution < -0.4 is 25.6 Å². The number of aromatic carboxylic acids is 1. The molecule has 0 saturated heterocycles. The largest absolute Gasteiger partial charge is 0.493 e. The van der Waals surface area contributed by atoms with Crippen LogP contribution in [0.1, 0.15) is 44.9 Å². The van der Waals surface area contributed by atoms with Crippen molar-refractivity contribution in [3.05, 3.63) is 75.5 Å². The Bertz CT molecular complexity index is 1930. The summed E-state index contributed by atoms with van der Waals surface area (Å²) in [4.78, 5) is 26.4. The lowest BCUT2D eigenvalue weighted by Gasteiger charge is -2.34. The highest BCUT2D eigenvalue weighted by Crippen LogP contribution is 2.39. The average Bonchev–Trinajstić information content (AvgIpc) is 3.73. The number of rotatable bonds is 17. The van der Waals surface area contributed by atoms with E-state index in [1.165, 1.54) is 17.4 Å². The number of nitrogens with zero attached hydrogens (tertiary/aromatic N) is 6. The van der Waals surface area contributed by atoms with Gasteiger partial charge >= 0.3 is 5.97 Å². The summed E-state index contributed by atoms with van der Waals surface area (Å²) in [5.74, 6) is 0.402. The van der Waals surface area contributed by atoms with Gasteiger partial charge in [-0.3, -0.25) is 4.90 Å². The number of carboxylic acids is 1. The van der Waals surface area contributed by atoms with Gasteiger partial charge in [0.05, 0.1) is 16.8 Å². The van der Waals surface area contributed by atoms with E-state index in [0.717, 1.165) is 59.0 Å². The van der Waals surface area contributed by atoms with Gasteiger partial charge in [-0.05, 0) is 90.5 Å². The molecule has 0 spiro atoms. The first-order valence-electron chi connectivity index (χ1n) is 17.1. The fourth-order valence-corrected chi connectivity index (χ4v) is 8.06. The number of halogens is 1. The van der Waals surface area contributed by atoms with Gasteiger partial charge in [-0.15, -0.1) is 21.5 Å². The molecule has 15 heteroatoms. The van der Waals surface area contributed by atoms with Crippen LogP contribution in [0.25, 0.3) is 10.2 Å². The van der Waals surface area contributed by atoms with Crippen LogP contribution in [0.2, 0.25) is 0 Å². The molecule has 6 rings (SSSR count). The molecular formula is C36H44FN9O3S2. The number of hydrogen-bond acceptors (Lipinski definition) is 13. The van der Waals surface area contributed by atoms with E-state index in [9.17, 15) is 14.3 Å². The standard InChI is InChI=1S/C36H44FN9O3S2/c1-22-26-19-24(39-16-15-38-2)21-46(33(26)44-43-32(22)42-35-40-28-10-5-6-11-29(28)50-35)36-41-31(34(47)48)30(51-36)12-8-18-49-25-14-13-23(27(37)20-25)9-7-17-45(3)4/h5-6,10-11,13-14,20,24,38-39H,7-9,12,15-19,21H2,1-4H3,(H,47,48)(H,40,42,43)/t24-/m1/s1. The maximum Gasteiger partial charge on any atom is 0.355 e. The zero-order valence-corrected chi connectivity index (χ0v) is 31.0. The zero-order chi connectivity index (χ0) is 35.9.